The maximum atomic E-state index is 12.8. The first-order chi connectivity index (χ1) is 13.2. The van der Waals surface area contributed by atoms with Crippen LogP contribution in [0, 0.1) is 0 Å². The fourth-order valence-electron chi connectivity index (χ4n) is 3.63. The molecule has 0 aliphatic rings. The molecule has 1 amide bonds. The molecule has 0 spiro atoms. The van der Waals surface area contributed by atoms with E-state index in [9.17, 15) is 4.79 Å². The maximum Gasteiger partial charge on any atom is 0.228 e. The van der Waals surface area contributed by atoms with Gasteiger partial charge in [0.1, 0.15) is 5.58 Å². The molecule has 0 saturated heterocycles. The van der Waals surface area contributed by atoms with Gasteiger partial charge in [0, 0.05) is 16.6 Å². The van der Waals surface area contributed by atoms with Crippen molar-refractivity contribution in [3.8, 4) is 0 Å². The van der Waals surface area contributed by atoms with Crippen molar-refractivity contribution in [2.75, 3.05) is 5.32 Å². The van der Waals surface area contributed by atoms with Crippen molar-refractivity contribution < 1.29 is 9.21 Å². The van der Waals surface area contributed by atoms with E-state index in [1.165, 1.54) is 5.56 Å². The van der Waals surface area contributed by atoms with E-state index in [4.69, 9.17) is 4.42 Å². The highest BCUT2D eigenvalue weighted by molar-refractivity contribution is 6.09. The van der Waals surface area contributed by atoms with Crippen LogP contribution >= 0.6 is 0 Å². The number of anilines is 1. The number of nitrogens with one attached hydrogen (secondary N) is 1. The third kappa shape index (κ3) is 3.33. The van der Waals surface area contributed by atoms with Gasteiger partial charge in [-0.3, -0.25) is 4.79 Å². The van der Waals surface area contributed by atoms with Gasteiger partial charge >= 0.3 is 0 Å². The smallest absolute Gasteiger partial charge is 0.228 e. The van der Waals surface area contributed by atoms with Crippen LogP contribution in [0.2, 0.25) is 0 Å². The van der Waals surface area contributed by atoms with E-state index in [0.717, 1.165) is 39.4 Å². The minimum atomic E-state index is -0.0265. The fraction of sp³-hybridized carbons (Fsp3) is 0.208. The molecule has 1 unspecified atom stereocenters. The van der Waals surface area contributed by atoms with Crippen LogP contribution in [-0.2, 0) is 11.2 Å². The molecule has 136 valence electrons. The van der Waals surface area contributed by atoms with E-state index in [1.54, 1.807) is 6.26 Å². The van der Waals surface area contributed by atoms with E-state index in [0.29, 0.717) is 5.92 Å². The zero-order valence-electron chi connectivity index (χ0n) is 15.7. The summed E-state index contributed by atoms with van der Waals surface area (Å²) in [6, 6.07) is 20.3. The second-order valence-corrected chi connectivity index (χ2v) is 7.04. The van der Waals surface area contributed by atoms with E-state index < -0.39 is 0 Å². The summed E-state index contributed by atoms with van der Waals surface area (Å²) in [5.41, 5.74) is 3.81. The monoisotopic (exact) mass is 357 g/mol. The quantitative estimate of drug-likeness (QED) is 0.457. The molecule has 1 atom stereocenters. The number of carbonyl (C=O) groups is 1. The van der Waals surface area contributed by atoms with Crippen LogP contribution in [0.4, 0.5) is 5.69 Å². The number of fused-ring (bicyclic) bond motifs is 3. The second-order valence-electron chi connectivity index (χ2n) is 7.04. The average molecular weight is 357 g/mol. The molecule has 4 rings (SSSR count). The number of amides is 1. The van der Waals surface area contributed by atoms with Crippen molar-refractivity contribution in [2.45, 2.75) is 32.6 Å². The lowest BCUT2D eigenvalue weighted by molar-refractivity contribution is -0.115. The number of hydrogen-bond donors (Lipinski definition) is 1. The van der Waals surface area contributed by atoms with Gasteiger partial charge in [-0.2, -0.15) is 0 Å². The van der Waals surface area contributed by atoms with E-state index in [1.807, 2.05) is 42.5 Å². The first-order valence-electron chi connectivity index (χ1n) is 9.44. The molecule has 0 aliphatic carbocycles. The molecule has 27 heavy (non-hydrogen) atoms. The summed E-state index contributed by atoms with van der Waals surface area (Å²) in [5.74, 6) is 0.376. The molecule has 0 fully saturated rings. The highest BCUT2D eigenvalue weighted by Crippen LogP contribution is 2.31. The number of para-hydroxylation sites is 1. The largest absolute Gasteiger partial charge is 0.464 e. The Hall–Kier alpha value is -3.07. The number of rotatable bonds is 5. The van der Waals surface area contributed by atoms with Gasteiger partial charge in [-0.15, -0.1) is 0 Å². The molecular weight excluding hydrogens is 334 g/mol. The molecule has 0 radical (unpaired) electrons. The molecule has 1 aromatic heterocycles. The summed E-state index contributed by atoms with van der Waals surface area (Å²) < 4.78 is 5.71. The van der Waals surface area contributed by atoms with E-state index in [2.05, 4.69) is 37.4 Å². The van der Waals surface area contributed by atoms with Gasteiger partial charge in [0.15, 0.2) is 0 Å². The Morgan fingerprint density at radius 3 is 2.67 bits per heavy atom. The second kappa shape index (κ2) is 7.28. The average Bonchev–Trinajstić information content (AvgIpc) is 3.11. The summed E-state index contributed by atoms with van der Waals surface area (Å²) in [5, 5.41) is 6.39. The topological polar surface area (TPSA) is 42.2 Å². The van der Waals surface area contributed by atoms with Crippen LogP contribution in [0.5, 0.6) is 0 Å². The van der Waals surface area contributed by atoms with Crippen molar-refractivity contribution in [1.29, 1.82) is 0 Å². The minimum Gasteiger partial charge on any atom is -0.464 e. The molecule has 4 aromatic rings. The Morgan fingerprint density at radius 1 is 1.04 bits per heavy atom. The zero-order chi connectivity index (χ0) is 18.8. The van der Waals surface area contributed by atoms with Crippen LogP contribution in [0.1, 0.15) is 37.3 Å². The Balaban J connectivity index is 1.64. The van der Waals surface area contributed by atoms with Crippen molar-refractivity contribution in [2.24, 2.45) is 0 Å². The Morgan fingerprint density at radius 2 is 1.81 bits per heavy atom. The minimum absolute atomic E-state index is 0.0265. The third-order valence-corrected chi connectivity index (χ3v) is 5.27. The Labute approximate surface area is 159 Å². The fourth-order valence-corrected chi connectivity index (χ4v) is 3.63. The Bertz CT molecular complexity index is 1110. The van der Waals surface area contributed by atoms with E-state index >= 15 is 0 Å². The number of carbonyl (C=O) groups excluding carboxylic acids is 1. The van der Waals surface area contributed by atoms with Gasteiger partial charge in [0.25, 0.3) is 0 Å². The summed E-state index contributed by atoms with van der Waals surface area (Å²) in [6.45, 7) is 4.34. The van der Waals surface area contributed by atoms with Crippen molar-refractivity contribution >= 4 is 33.3 Å². The van der Waals surface area contributed by atoms with Crippen LogP contribution < -0.4 is 5.32 Å². The molecule has 1 N–H and O–H groups in total. The molecule has 3 heteroatoms. The van der Waals surface area contributed by atoms with Crippen molar-refractivity contribution in [3.05, 3.63) is 78.1 Å². The van der Waals surface area contributed by atoms with Gasteiger partial charge in [0.2, 0.25) is 5.91 Å². The van der Waals surface area contributed by atoms with Crippen LogP contribution in [0.3, 0.4) is 0 Å². The van der Waals surface area contributed by atoms with Crippen LogP contribution in [0.25, 0.3) is 21.7 Å². The predicted octanol–water partition coefficient (Wildman–Crippen LogP) is 6.28. The summed E-state index contributed by atoms with van der Waals surface area (Å²) in [6.07, 6.45) is 3.03. The Kier molecular flexibility index (Phi) is 4.68. The molecule has 0 saturated carbocycles. The SMILES string of the molecule is CCC(C)c1ccccc1NC(=O)Cc1coc2ccc3ccccc3c12. The highest BCUT2D eigenvalue weighted by atomic mass is 16.3. The van der Waals surface area contributed by atoms with Gasteiger partial charge in [0.05, 0.1) is 12.7 Å². The number of hydrogen-bond acceptors (Lipinski definition) is 2. The standard InChI is InChI=1S/C24H23NO2/c1-3-16(2)19-9-6-7-11-21(19)25-23(26)14-18-15-27-22-13-12-17-8-4-5-10-20(17)24(18)22/h4-13,15-16H,3,14H2,1-2H3,(H,25,26). The highest BCUT2D eigenvalue weighted by Gasteiger charge is 2.15. The van der Waals surface area contributed by atoms with Gasteiger partial charge in [-0.25, -0.2) is 0 Å². The lowest BCUT2D eigenvalue weighted by Gasteiger charge is -2.15. The lowest BCUT2D eigenvalue weighted by atomic mass is 9.96. The first kappa shape index (κ1) is 17.3. The van der Waals surface area contributed by atoms with Crippen molar-refractivity contribution in [3.63, 3.8) is 0 Å². The van der Waals surface area contributed by atoms with Crippen molar-refractivity contribution in [1.82, 2.24) is 0 Å². The van der Waals surface area contributed by atoms with Crippen LogP contribution in [0.15, 0.2) is 71.3 Å². The van der Waals surface area contributed by atoms with Gasteiger partial charge in [-0.05, 0) is 40.8 Å². The summed E-state index contributed by atoms with van der Waals surface area (Å²) in [7, 11) is 0. The first-order valence-corrected chi connectivity index (χ1v) is 9.44. The predicted molar refractivity (Wildman–Crippen MR) is 111 cm³/mol. The normalized spacial score (nSPS) is 12.4. The molecule has 0 aliphatic heterocycles. The number of benzene rings is 3. The van der Waals surface area contributed by atoms with Gasteiger partial charge < -0.3 is 9.73 Å². The molecule has 3 aromatic carbocycles. The molecule has 3 nitrogen and oxygen atoms in total. The third-order valence-electron chi connectivity index (χ3n) is 5.27. The lowest BCUT2D eigenvalue weighted by Crippen LogP contribution is -2.16. The summed E-state index contributed by atoms with van der Waals surface area (Å²) in [4.78, 5) is 12.8. The summed E-state index contributed by atoms with van der Waals surface area (Å²) >= 11 is 0. The molecular formula is C24H23NO2. The molecule has 1 heterocycles. The zero-order valence-corrected chi connectivity index (χ0v) is 15.7. The van der Waals surface area contributed by atoms with Gasteiger partial charge in [-0.1, -0.05) is 62.4 Å². The molecule has 0 bridgehead atoms. The number of furan rings is 1. The van der Waals surface area contributed by atoms with E-state index in [-0.39, 0.29) is 12.3 Å². The van der Waals surface area contributed by atoms with Crippen LogP contribution in [-0.4, -0.2) is 5.91 Å². The maximum absolute atomic E-state index is 12.8.